The minimum atomic E-state index is 0.0779. The number of hydrogen-bond donors (Lipinski definition) is 3. The molecule has 0 saturated carbocycles. The van der Waals surface area contributed by atoms with Gasteiger partial charge in [0.15, 0.2) is 11.6 Å². The fourth-order valence-corrected chi connectivity index (χ4v) is 3.77. The van der Waals surface area contributed by atoms with Crippen molar-refractivity contribution in [2.45, 2.75) is 39.0 Å². The van der Waals surface area contributed by atoms with Crippen molar-refractivity contribution in [2.75, 3.05) is 6.54 Å². The van der Waals surface area contributed by atoms with E-state index in [1.807, 2.05) is 30.6 Å². The van der Waals surface area contributed by atoms with Crippen molar-refractivity contribution in [1.29, 1.82) is 0 Å². The van der Waals surface area contributed by atoms with Crippen molar-refractivity contribution in [2.24, 2.45) is 27.4 Å². The predicted molar refractivity (Wildman–Crippen MR) is 120 cm³/mol. The molecule has 2 aromatic rings. The Labute approximate surface area is 175 Å². The zero-order valence-corrected chi connectivity index (χ0v) is 17.3. The summed E-state index contributed by atoms with van der Waals surface area (Å²) in [4.78, 5) is 18.3. The van der Waals surface area contributed by atoms with Gasteiger partial charge in [0.1, 0.15) is 5.69 Å². The Bertz CT molecular complexity index is 1120. The highest BCUT2D eigenvalue weighted by Gasteiger charge is 2.27. The average Bonchev–Trinajstić information content (AvgIpc) is 3.32. The molecule has 0 bridgehead atoms. The molecule has 0 saturated heterocycles. The van der Waals surface area contributed by atoms with Crippen molar-refractivity contribution >= 4 is 22.9 Å². The predicted octanol–water partition coefficient (Wildman–Crippen LogP) is 2.69. The van der Waals surface area contributed by atoms with Gasteiger partial charge < -0.3 is 16.6 Å². The van der Waals surface area contributed by atoms with Gasteiger partial charge in [0.05, 0.1) is 17.1 Å². The van der Waals surface area contributed by atoms with Gasteiger partial charge >= 0.3 is 0 Å². The van der Waals surface area contributed by atoms with Crippen molar-refractivity contribution in [1.82, 2.24) is 14.4 Å². The first-order valence-electron chi connectivity index (χ1n) is 10.3. The van der Waals surface area contributed by atoms with E-state index in [-0.39, 0.29) is 23.7 Å². The highest BCUT2D eigenvalue weighted by molar-refractivity contribution is 6.09. The van der Waals surface area contributed by atoms with Gasteiger partial charge in [-0.2, -0.15) is 0 Å². The van der Waals surface area contributed by atoms with Gasteiger partial charge in [-0.1, -0.05) is 32.1 Å². The number of fused-ring (bicyclic) bond motifs is 2. The molecule has 8 heteroatoms. The van der Waals surface area contributed by atoms with Crippen LogP contribution in [0.1, 0.15) is 49.7 Å². The molecule has 2 aliphatic rings. The number of aryl methyl sites for hydroxylation is 1. The van der Waals surface area contributed by atoms with Crippen molar-refractivity contribution in [3.8, 4) is 5.88 Å². The second-order valence-electron chi connectivity index (χ2n) is 7.67. The number of nitrogens with two attached hydrogens (primary N) is 2. The number of guanidine groups is 1. The highest BCUT2D eigenvalue weighted by Crippen LogP contribution is 2.35. The van der Waals surface area contributed by atoms with Crippen molar-refractivity contribution in [3.05, 3.63) is 53.8 Å². The van der Waals surface area contributed by atoms with E-state index >= 15 is 0 Å². The molecule has 0 aromatic carbocycles. The van der Waals surface area contributed by atoms with Gasteiger partial charge in [0.25, 0.3) is 0 Å². The molecule has 0 spiro atoms. The highest BCUT2D eigenvalue weighted by atomic mass is 16.3. The van der Waals surface area contributed by atoms with Gasteiger partial charge in [-0.05, 0) is 25.3 Å². The summed E-state index contributed by atoms with van der Waals surface area (Å²) in [6, 6.07) is 0. The smallest absolute Gasteiger partial charge is 0.219 e. The number of rotatable bonds is 7. The minimum absolute atomic E-state index is 0.0779. The number of imidazole rings is 1. The van der Waals surface area contributed by atoms with Gasteiger partial charge in [0.2, 0.25) is 5.88 Å². The van der Waals surface area contributed by atoms with Gasteiger partial charge in [0, 0.05) is 36.4 Å². The normalized spacial score (nSPS) is 18.3. The molecule has 0 radical (unpaired) electrons. The molecule has 2 atom stereocenters. The number of aliphatic imine (C=N–C) groups is 2. The Balaban J connectivity index is 1.76. The second kappa shape index (κ2) is 8.14. The van der Waals surface area contributed by atoms with Crippen LogP contribution >= 0.6 is 0 Å². The summed E-state index contributed by atoms with van der Waals surface area (Å²) in [6.07, 6.45) is 14.1. The molecular formula is C22H27N7O. The van der Waals surface area contributed by atoms with Crippen LogP contribution in [0, 0.1) is 5.92 Å². The van der Waals surface area contributed by atoms with Crippen LogP contribution in [0.4, 0.5) is 0 Å². The van der Waals surface area contributed by atoms with Gasteiger partial charge in [-0.25, -0.2) is 9.97 Å². The Morgan fingerprint density at radius 3 is 2.90 bits per heavy atom. The van der Waals surface area contributed by atoms with Crippen LogP contribution in [-0.2, 0) is 6.42 Å². The summed E-state index contributed by atoms with van der Waals surface area (Å²) in [5, 5.41) is 10.9. The molecule has 2 aromatic heterocycles. The molecule has 8 nitrogen and oxygen atoms in total. The molecule has 5 N–H and O–H groups in total. The summed E-state index contributed by atoms with van der Waals surface area (Å²) < 4.78 is 1.75. The number of allylic oxidation sites excluding steroid dienone is 5. The van der Waals surface area contributed by atoms with E-state index in [2.05, 4.69) is 29.9 Å². The number of hydrogen-bond acceptors (Lipinski definition) is 5. The maximum absolute atomic E-state index is 10.9. The quantitative estimate of drug-likeness (QED) is 0.371. The average molecular weight is 406 g/mol. The third kappa shape index (κ3) is 3.60. The molecular weight excluding hydrogens is 378 g/mol. The molecule has 156 valence electrons. The standard InChI is InChI=1S/C22H27N7O/c1-3-13(2)19-21(30)29-12-18(15-11-26-16-8-5-4-7-14(15)16)27-17(20(29)28-19)9-6-10-25-22(23)24/h4-5,7-8,11-14,30H,3,6,9-10H2,1-2H3,(H4,23,24,25)/t13-,14?/m0/s1. The minimum Gasteiger partial charge on any atom is -0.493 e. The topological polar surface area (TPSA) is 127 Å². The summed E-state index contributed by atoms with van der Waals surface area (Å²) in [5.41, 5.74) is 15.8. The van der Waals surface area contributed by atoms with E-state index < -0.39 is 0 Å². The molecule has 1 aliphatic carbocycles. The molecule has 1 unspecified atom stereocenters. The molecule has 4 rings (SSSR count). The molecule has 3 heterocycles. The van der Waals surface area contributed by atoms with Crippen molar-refractivity contribution < 1.29 is 5.11 Å². The van der Waals surface area contributed by atoms with E-state index in [4.69, 9.17) is 21.4 Å². The van der Waals surface area contributed by atoms with Crippen LogP contribution in [0.5, 0.6) is 5.88 Å². The molecule has 0 amide bonds. The number of nitrogens with zero attached hydrogens (tertiary/aromatic N) is 5. The summed E-state index contributed by atoms with van der Waals surface area (Å²) in [5.74, 6) is 0.480. The Morgan fingerprint density at radius 2 is 2.13 bits per heavy atom. The second-order valence-corrected chi connectivity index (χ2v) is 7.67. The summed E-state index contributed by atoms with van der Waals surface area (Å²) >= 11 is 0. The monoisotopic (exact) mass is 405 g/mol. The van der Waals surface area contributed by atoms with Crippen LogP contribution in [0.15, 0.2) is 46.7 Å². The van der Waals surface area contributed by atoms with E-state index in [0.717, 1.165) is 35.5 Å². The Hall–Kier alpha value is -3.42. The van der Waals surface area contributed by atoms with E-state index in [1.54, 1.807) is 4.40 Å². The van der Waals surface area contributed by atoms with Gasteiger partial charge in [-0.15, -0.1) is 0 Å². The van der Waals surface area contributed by atoms with Crippen LogP contribution in [0.25, 0.3) is 11.2 Å². The Morgan fingerprint density at radius 1 is 1.30 bits per heavy atom. The lowest BCUT2D eigenvalue weighted by atomic mass is 9.91. The van der Waals surface area contributed by atoms with Crippen LogP contribution in [0.2, 0.25) is 0 Å². The lowest BCUT2D eigenvalue weighted by molar-refractivity contribution is 0.435. The fraction of sp³-hybridized carbons (Fsp3) is 0.364. The van der Waals surface area contributed by atoms with Crippen LogP contribution < -0.4 is 11.5 Å². The molecule has 30 heavy (non-hydrogen) atoms. The lowest BCUT2D eigenvalue weighted by Gasteiger charge is -2.15. The summed E-state index contributed by atoms with van der Waals surface area (Å²) in [6.45, 7) is 4.66. The molecule has 1 aliphatic heterocycles. The Kier molecular flexibility index (Phi) is 5.39. The van der Waals surface area contributed by atoms with Crippen LogP contribution in [-0.4, -0.2) is 37.7 Å². The van der Waals surface area contributed by atoms with Crippen LogP contribution in [0.3, 0.4) is 0 Å². The molecule has 0 fully saturated rings. The first-order valence-corrected chi connectivity index (χ1v) is 10.3. The number of aromatic nitrogens is 3. The third-order valence-corrected chi connectivity index (χ3v) is 5.61. The van der Waals surface area contributed by atoms with E-state index in [9.17, 15) is 5.11 Å². The maximum atomic E-state index is 10.9. The third-order valence-electron chi connectivity index (χ3n) is 5.61. The largest absolute Gasteiger partial charge is 0.493 e. The zero-order valence-electron chi connectivity index (χ0n) is 17.3. The van der Waals surface area contributed by atoms with Gasteiger partial charge in [-0.3, -0.25) is 14.4 Å². The van der Waals surface area contributed by atoms with E-state index in [1.165, 1.54) is 0 Å². The number of aromatic hydroxyl groups is 1. The zero-order chi connectivity index (χ0) is 21.3. The SMILES string of the molecule is CC[C@H](C)c1nc2c(CCCN=C(N)N)nc(C3=CN=C4C=CC=CC34)cn2c1O. The first-order chi connectivity index (χ1) is 14.5. The van der Waals surface area contributed by atoms with E-state index in [0.29, 0.717) is 24.3 Å². The maximum Gasteiger partial charge on any atom is 0.219 e. The summed E-state index contributed by atoms with van der Waals surface area (Å²) in [7, 11) is 0. The fourth-order valence-electron chi connectivity index (χ4n) is 3.77. The lowest BCUT2D eigenvalue weighted by Crippen LogP contribution is -2.23. The first kappa shape index (κ1) is 19.9. The van der Waals surface area contributed by atoms with Crippen molar-refractivity contribution in [3.63, 3.8) is 0 Å².